The van der Waals surface area contributed by atoms with Gasteiger partial charge in [0, 0.05) is 100.0 Å². The molecule has 9 aromatic rings. The molecule has 0 radical (unpaired) electrons. The second-order valence-corrected chi connectivity index (χ2v) is 36.2. The lowest BCUT2D eigenvalue weighted by Gasteiger charge is -2.38. The van der Waals surface area contributed by atoms with Gasteiger partial charge in [-0.05, 0) is 162 Å². The zero-order valence-corrected chi connectivity index (χ0v) is 65.7. The van der Waals surface area contributed by atoms with E-state index in [1.807, 2.05) is 85.7 Å². The van der Waals surface area contributed by atoms with Gasteiger partial charge in [-0.15, -0.1) is 0 Å². The largest absolute Gasteiger partial charge is 0.508 e. The van der Waals surface area contributed by atoms with Crippen LogP contribution in [0.15, 0.2) is 189 Å². The molecule has 566 valence electrons. The standard InChI is InChI=1S/C84H94N2O17S4/c1-49(2)35-62-66-40-67(77(88)44-76(66)87)63(36-50(3)4)69-42-71(81(103-107(97,98)61-33-25-56(12)26-34-61)46-79(69)101-105(93,94)59-29-21-54(10)22-30-59)65(38-52(7)8)73-43-72(82(89)74-47-86(48-99-83(73)74)75(84(90)85-13)39-57-17-15-14-16-18-57)64(37-51(5)6)70-41-68(62)78(100-104(91,92)58-27-19-53(9)20-28-58)45-80(70)102-106(95,96)60-31-23-55(11)24-32-60/h14-34,40-46,49-52,62-65,75,87-89H,35-39,47-48H2,1-13H3,(H,85,90)/t62-,63+,64-,65+,75-/m0/s1. The highest BCUT2D eigenvalue weighted by Crippen LogP contribution is 2.56. The molecule has 0 unspecified atom stereocenters. The van der Waals surface area contributed by atoms with Gasteiger partial charge < -0.3 is 42.1 Å². The number of nitrogens with zero attached hydrogens (tertiary/aromatic N) is 1. The lowest BCUT2D eigenvalue weighted by atomic mass is 9.74. The van der Waals surface area contributed by atoms with Crippen LogP contribution in [0.4, 0.5) is 0 Å². The minimum atomic E-state index is -4.88. The number of hydrogen-bond donors (Lipinski definition) is 4. The summed E-state index contributed by atoms with van der Waals surface area (Å²) in [5, 5.41) is 42.3. The van der Waals surface area contributed by atoms with Gasteiger partial charge >= 0.3 is 40.5 Å². The Morgan fingerprint density at radius 3 is 1.07 bits per heavy atom. The number of ether oxygens (including phenoxy) is 1. The molecule has 8 bridgehead atoms. The molecule has 9 aromatic carbocycles. The van der Waals surface area contributed by atoms with Gasteiger partial charge in [-0.25, -0.2) is 0 Å². The van der Waals surface area contributed by atoms with Crippen molar-refractivity contribution in [2.75, 3.05) is 13.8 Å². The van der Waals surface area contributed by atoms with E-state index in [-0.39, 0.29) is 162 Å². The third-order valence-electron chi connectivity index (χ3n) is 19.7. The monoisotopic (exact) mass is 1530 g/mol. The normalized spacial score (nSPS) is 16.6. The maximum absolute atomic E-state index is 15.3. The number of phenolic OH excluding ortho intramolecular Hbond substituents is 3. The first-order chi connectivity index (χ1) is 50.5. The second kappa shape index (κ2) is 31.8. The first-order valence-corrected chi connectivity index (χ1v) is 41.6. The number of carbonyl (C=O) groups is 1. The first-order valence-electron chi connectivity index (χ1n) is 36.0. The van der Waals surface area contributed by atoms with E-state index in [1.54, 1.807) is 105 Å². The predicted octanol–water partition coefficient (Wildman–Crippen LogP) is 16.6. The number of hydrogen-bond acceptors (Lipinski definition) is 18. The molecule has 0 saturated heterocycles. The van der Waals surface area contributed by atoms with Crippen LogP contribution in [0, 0.1) is 51.4 Å². The summed E-state index contributed by atoms with van der Waals surface area (Å²) < 4.78 is 155. The maximum atomic E-state index is 15.3. The molecule has 2 aliphatic rings. The Morgan fingerprint density at radius 2 is 0.738 bits per heavy atom. The Labute approximate surface area is 630 Å². The fourth-order valence-corrected chi connectivity index (χ4v) is 18.2. The van der Waals surface area contributed by atoms with E-state index in [1.165, 1.54) is 67.7 Å². The van der Waals surface area contributed by atoms with Gasteiger partial charge in [0.15, 0.2) is 23.0 Å². The van der Waals surface area contributed by atoms with Gasteiger partial charge in [0.25, 0.3) is 0 Å². The van der Waals surface area contributed by atoms with Gasteiger partial charge in [-0.3, -0.25) is 9.69 Å². The number of likely N-dealkylation sites (N-methyl/N-ethyl adjacent to an activating group) is 1. The van der Waals surface area contributed by atoms with Gasteiger partial charge in [-0.2, -0.15) is 33.7 Å². The second-order valence-electron chi connectivity index (χ2n) is 30.0. The van der Waals surface area contributed by atoms with E-state index < -0.39 is 93.2 Å². The molecule has 0 saturated carbocycles. The Kier molecular flexibility index (Phi) is 23.4. The van der Waals surface area contributed by atoms with Crippen LogP contribution in [0.3, 0.4) is 0 Å². The maximum Gasteiger partial charge on any atom is 0.339 e. The fourth-order valence-electron chi connectivity index (χ4n) is 14.4. The molecular weight excluding hydrogens is 1440 g/mol. The Bertz CT molecular complexity index is 5240. The molecule has 11 rings (SSSR count). The van der Waals surface area contributed by atoms with E-state index in [2.05, 4.69) is 5.32 Å². The summed E-state index contributed by atoms with van der Waals surface area (Å²) in [7, 11) is -17.9. The van der Waals surface area contributed by atoms with Gasteiger partial charge in [0.05, 0.1) is 11.6 Å². The number of amides is 1. The van der Waals surface area contributed by atoms with Crippen LogP contribution in [0.5, 0.6) is 46.0 Å². The highest BCUT2D eigenvalue weighted by molar-refractivity contribution is 7.88. The molecule has 19 nitrogen and oxygen atoms in total. The number of nitrogens with one attached hydrogen (secondary N) is 1. The number of fused-ring (bicyclic) bond motifs is 10. The summed E-state index contributed by atoms with van der Waals surface area (Å²) in [5.41, 5.74) is 5.21. The molecular formula is C84H94N2O17S4. The van der Waals surface area contributed by atoms with E-state index >= 15 is 33.7 Å². The van der Waals surface area contributed by atoms with E-state index in [9.17, 15) is 20.1 Å². The molecule has 23 heteroatoms. The van der Waals surface area contributed by atoms with Crippen LogP contribution >= 0.6 is 0 Å². The van der Waals surface area contributed by atoms with Crippen molar-refractivity contribution in [1.82, 2.24) is 10.2 Å². The lowest BCUT2D eigenvalue weighted by Crippen LogP contribution is -2.49. The van der Waals surface area contributed by atoms with E-state index in [4.69, 9.17) is 21.5 Å². The van der Waals surface area contributed by atoms with Crippen molar-refractivity contribution < 1.29 is 75.3 Å². The molecule has 1 aliphatic carbocycles. The number of aromatic hydroxyl groups is 3. The highest BCUT2D eigenvalue weighted by Gasteiger charge is 2.42. The minimum Gasteiger partial charge on any atom is -0.508 e. The SMILES string of the molecule is CNC(=O)[C@H](Cc1ccccc1)N1COc2c3cc(c(O)c2C1)[C@@H](CC(C)C)c1cc(c(OS(=O)(=O)c2ccc(C)cc2)cc1OS(=O)(=O)c1ccc(C)cc1)[C@@H](CC(C)C)c1cc(c(O)cc1O)[C@@H](CC(C)C)c1cc(c(OS(=O)(=O)c2ccc(C)cc2)cc1OS(=O)(=O)c1ccc(C)cc1)[C@H]3CC(C)C. The molecule has 0 fully saturated rings. The molecule has 5 atom stereocenters. The summed E-state index contributed by atoms with van der Waals surface area (Å²) in [6.45, 7) is 22.2. The van der Waals surface area contributed by atoms with E-state index in [0.717, 1.165) is 33.9 Å². The summed E-state index contributed by atoms with van der Waals surface area (Å²) >= 11 is 0. The van der Waals surface area contributed by atoms with Crippen molar-refractivity contribution in [2.45, 2.75) is 171 Å². The fraction of sp³-hybridized carbons (Fsp3) is 0.345. The zero-order chi connectivity index (χ0) is 77.4. The van der Waals surface area contributed by atoms with Crippen LogP contribution in [0.25, 0.3) is 0 Å². The molecule has 1 aliphatic heterocycles. The number of carbonyl (C=O) groups excluding carboxylic acids is 1. The smallest absolute Gasteiger partial charge is 0.339 e. The Hall–Kier alpha value is -9.39. The van der Waals surface area contributed by atoms with Crippen LogP contribution in [-0.2, 0) is 58.2 Å². The molecule has 107 heavy (non-hydrogen) atoms. The quantitative estimate of drug-likeness (QED) is 0.0409. The highest BCUT2D eigenvalue weighted by atomic mass is 32.2. The van der Waals surface area contributed by atoms with Crippen LogP contribution < -0.4 is 26.8 Å². The number of aryl methyl sites for hydroxylation is 4. The van der Waals surface area contributed by atoms with Crippen LogP contribution in [0.1, 0.15) is 183 Å². The number of rotatable bonds is 24. The lowest BCUT2D eigenvalue weighted by molar-refractivity contribution is -0.128. The third-order valence-corrected chi connectivity index (χ3v) is 24.7. The topological polar surface area (TPSA) is 276 Å². The predicted molar refractivity (Wildman–Crippen MR) is 411 cm³/mol. The number of phenols is 3. The average molecular weight is 1530 g/mol. The Balaban J connectivity index is 1.34. The van der Waals surface area contributed by atoms with Crippen molar-refractivity contribution in [3.05, 3.63) is 248 Å². The van der Waals surface area contributed by atoms with Crippen molar-refractivity contribution >= 4 is 46.4 Å². The molecule has 0 spiro atoms. The Morgan fingerprint density at radius 1 is 0.430 bits per heavy atom. The van der Waals surface area contributed by atoms with Crippen molar-refractivity contribution in [3.63, 3.8) is 0 Å². The molecule has 1 heterocycles. The zero-order valence-electron chi connectivity index (χ0n) is 62.4. The summed E-state index contributed by atoms with van der Waals surface area (Å²) in [6, 6.07) is 42.5. The summed E-state index contributed by atoms with van der Waals surface area (Å²) in [6.07, 6.45) is 0.651. The first kappa shape index (κ1) is 78.7. The average Bonchev–Trinajstić information content (AvgIpc) is 0.731. The van der Waals surface area contributed by atoms with Crippen molar-refractivity contribution in [1.29, 1.82) is 0 Å². The van der Waals surface area contributed by atoms with Gasteiger partial charge in [0.1, 0.15) is 49.3 Å². The number of benzene rings is 9. The van der Waals surface area contributed by atoms with Crippen molar-refractivity contribution in [2.24, 2.45) is 23.7 Å². The minimum absolute atomic E-state index is 0.0947. The van der Waals surface area contributed by atoms with Crippen molar-refractivity contribution in [3.8, 4) is 46.0 Å². The third kappa shape index (κ3) is 17.6. The van der Waals surface area contributed by atoms with Gasteiger partial charge in [-0.1, -0.05) is 157 Å². The summed E-state index contributed by atoms with van der Waals surface area (Å²) in [4.78, 5) is 15.2. The van der Waals surface area contributed by atoms with Gasteiger partial charge in [0.2, 0.25) is 5.91 Å². The van der Waals surface area contributed by atoms with E-state index in [0.29, 0.717) is 5.56 Å². The molecule has 4 N–H and O–H groups in total. The summed E-state index contributed by atoms with van der Waals surface area (Å²) in [5.74, 6) is -8.74. The molecule has 1 amide bonds. The van der Waals surface area contributed by atoms with Crippen LogP contribution in [0.2, 0.25) is 0 Å². The molecule has 0 aromatic heterocycles. The van der Waals surface area contributed by atoms with Crippen LogP contribution in [-0.4, -0.2) is 79.6 Å².